The monoisotopic (exact) mass is 398 g/mol. The lowest BCUT2D eigenvalue weighted by molar-refractivity contribution is -0.118. The molecule has 1 aliphatic rings. The zero-order valence-corrected chi connectivity index (χ0v) is 15.5. The molecule has 0 spiro atoms. The zero-order chi connectivity index (χ0) is 20.2. The van der Waals surface area contributed by atoms with Gasteiger partial charge in [0.05, 0.1) is 13.2 Å². The molecule has 7 nitrogen and oxygen atoms in total. The molecule has 150 valence electrons. The summed E-state index contributed by atoms with van der Waals surface area (Å²) in [6.45, 7) is 1.37. The van der Waals surface area contributed by atoms with Gasteiger partial charge in [0.25, 0.3) is 11.8 Å². The Hall–Kier alpha value is -3.39. The van der Waals surface area contributed by atoms with Gasteiger partial charge in [-0.25, -0.2) is 4.39 Å². The smallest absolute Gasteiger partial charge is 0.291 e. The van der Waals surface area contributed by atoms with Crippen molar-refractivity contribution in [3.63, 3.8) is 0 Å². The molecule has 0 bridgehead atoms. The van der Waals surface area contributed by atoms with Crippen LogP contribution in [0.1, 0.15) is 10.6 Å². The van der Waals surface area contributed by atoms with Crippen molar-refractivity contribution in [2.45, 2.75) is 0 Å². The number of para-hydroxylation sites is 2. The van der Waals surface area contributed by atoms with Crippen LogP contribution in [0.2, 0.25) is 0 Å². The van der Waals surface area contributed by atoms with Gasteiger partial charge in [0, 0.05) is 18.5 Å². The second kappa shape index (κ2) is 8.32. The average molecular weight is 398 g/mol. The van der Waals surface area contributed by atoms with Crippen LogP contribution in [0, 0.1) is 5.82 Å². The molecule has 1 fully saturated rings. The van der Waals surface area contributed by atoms with Gasteiger partial charge < -0.3 is 24.1 Å². The number of hydrogen-bond donors (Lipinski definition) is 1. The lowest BCUT2D eigenvalue weighted by Crippen LogP contribution is -2.40. The molecule has 0 atom stereocenters. The summed E-state index contributed by atoms with van der Waals surface area (Å²) in [4.78, 5) is 27.0. The van der Waals surface area contributed by atoms with Crippen molar-refractivity contribution in [3.8, 4) is 5.75 Å². The number of nitrogens with one attached hydrogen (secondary N) is 1. The van der Waals surface area contributed by atoms with Crippen molar-refractivity contribution in [3.05, 3.63) is 60.1 Å². The average Bonchev–Trinajstić information content (AvgIpc) is 3.11. The van der Waals surface area contributed by atoms with Gasteiger partial charge in [-0.2, -0.15) is 0 Å². The Bertz CT molecular complexity index is 1040. The molecule has 2 amide bonds. The van der Waals surface area contributed by atoms with Crippen LogP contribution in [0.3, 0.4) is 0 Å². The van der Waals surface area contributed by atoms with E-state index in [1.807, 2.05) is 0 Å². The van der Waals surface area contributed by atoms with Gasteiger partial charge in [-0.1, -0.05) is 24.3 Å². The first-order valence-corrected chi connectivity index (χ1v) is 9.19. The van der Waals surface area contributed by atoms with Crippen molar-refractivity contribution in [1.29, 1.82) is 0 Å². The number of hydrogen-bond acceptors (Lipinski definition) is 5. The van der Waals surface area contributed by atoms with Crippen molar-refractivity contribution < 1.29 is 27.9 Å². The van der Waals surface area contributed by atoms with Crippen LogP contribution in [0.25, 0.3) is 11.0 Å². The van der Waals surface area contributed by atoms with E-state index in [0.29, 0.717) is 37.3 Å². The number of halogens is 1. The number of fused-ring (bicyclic) bond motifs is 1. The standard InChI is InChI=1S/C21H19FN2O5/c22-15-6-2-4-8-17(15)28-13-18(25)23-19-14-5-1-3-7-16(14)29-20(19)21(26)24-9-11-27-12-10-24/h1-8H,9-13H2,(H,23,25). The molecule has 1 saturated heterocycles. The zero-order valence-electron chi connectivity index (χ0n) is 15.5. The SMILES string of the molecule is O=C(COc1ccccc1F)Nc1c(C(=O)N2CCOCC2)oc2ccccc12. The first-order chi connectivity index (χ1) is 14.1. The number of amides is 2. The van der Waals surface area contributed by atoms with Gasteiger partial charge >= 0.3 is 0 Å². The molecule has 2 heterocycles. The van der Waals surface area contributed by atoms with Crippen LogP contribution in [0.5, 0.6) is 5.75 Å². The highest BCUT2D eigenvalue weighted by Crippen LogP contribution is 2.32. The fourth-order valence-corrected chi connectivity index (χ4v) is 3.11. The number of ether oxygens (including phenoxy) is 2. The number of carbonyl (C=O) groups excluding carboxylic acids is 2. The minimum atomic E-state index is -0.558. The second-order valence-electron chi connectivity index (χ2n) is 6.47. The van der Waals surface area contributed by atoms with Crippen LogP contribution in [0.15, 0.2) is 52.9 Å². The van der Waals surface area contributed by atoms with Crippen molar-refractivity contribution >= 4 is 28.5 Å². The van der Waals surface area contributed by atoms with Gasteiger partial charge in [0.2, 0.25) is 5.76 Å². The Labute approximate surface area is 166 Å². The maximum Gasteiger partial charge on any atom is 0.291 e. The van der Waals surface area contributed by atoms with Gasteiger partial charge in [0.15, 0.2) is 18.2 Å². The Kier molecular flexibility index (Phi) is 5.44. The van der Waals surface area contributed by atoms with E-state index in [9.17, 15) is 14.0 Å². The topological polar surface area (TPSA) is 81.0 Å². The van der Waals surface area contributed by atoms with Crippen molar-refractivity contribution in [2.24, 2.45) is 0 Å². The summed E-state index contributed by atoms with van der Waals surface area (Å²) in [5, 5.41) is 3.28. The normalized spacial score (nSPS) is 14.0. The van der Waals surface area contributed by atoms with E-state index >= 15 is 0 Å². The van der Waals surface area contributed by atoms with E-state index < -0.39 is 18.3 Å². The van der Waals surface area contributed by atoms with Crippen LogP contribution in [-0.2, 0) is 9.53 Å². The molecule has 3 aromatic rings. The number of anilines is 1. The Balaban J connectivity index is 1.56. The molecule has 1 aliphatic heterocycles. The van der Waals surface area contributed by atoms with Gasteiger partial charge in [0.1, 0.15) is 11.3 Å². The number of rotatable bonds is 5. The first-order valence-electron chi connectivity index (χ1n) is 9.19. The van der Waals surface area contributed by atoms with Gasteiger partial charge in [-0.05, 0) is 24.3 Å². The van der Waals surface area contributed by atoms with Crippen molar-refractivity contribution in [1.82, 2.24) is 4.90 Å². The largest absolute Gasteiger partial charge is 0.481 e. The summed E-state index contributed by atoms with van der Waals surface area (Å²) < 4.78 is 29.9. The molecule has 8 heteroatoms. The lowest BCUT2D eigenvalue weighted by Gasteiger charge is -2.26. The van der Waals surface area contributed by atoms with Gasteiger partial charge in [-0.15, -0.1) is 0 Å². The quantitative estimate of drug-likeness (QED) is 0.715. The number of furan rings is 1. The number of benzene rings is 2. The van der Waals surface area contributed by atoms with Crippen LogP contribution in [-0.4, -0.2) is 49.6 Å². The van der Waals surface area contributed by atoms with E-state index in [2.05, 4.69) is 5.32 Å². The minimum Gasteiger partial charge on any atom is -0.481 e. The molecule has 1 aromatic heterocycles. The summed E-state index contributed by atoms with van der Waals surface area (Å²) >= 11 is 0. The highest BCUT2D eigenvalue weighted by molar-refractivity contribution is 6.11. The first kappa shape index (κ1) is 18.9. The number of nitrogens with zero attached hydrogens (tertiary/aromatic N) is 1. The van der Waals surface area contributed by atoms with E-state index in [0.717, 1.165) is 0 Å². The van der Waals surface area contributed by atoms with Crippen molar-refractivity contribution in [2.75, 3.05) is 38.2 Å². The molecular formula is C21H19FN2O5. The summed E-state index contributed by atoms with van der Waals surface area (Å²) in [6, 6.07) is 12.9. The Morgan fingerprint density at radius 1 is 1.07 bits per heavy atom. The molecule has 2 aromatic carbocycles. The lowest BCUT2D eigenvalue weighted by atomic mass is 10.2. The van der Waals surface area contributed by atoms with E-state index in [1.54, 1.807) is 35.2 Å². The predicted molar refractivity (Wildman–Crippen MR) is 103 cm³/mol. The predicted octanol–water partition coefficient (Wildman–Crippen LogP) is 3.06. The molecule has 0 aliphatic carbocycles. The molecule has 29 heavy (non-hydrogen) atoms. The maximum atomic E-state index is 13.7. The highest BCUT2D eigenvalue weighted by Gasteiger charge is 2.27. The van der Waals surface area contributed by atoms with E-state index in [-0.39, 0.29) is 23.1 Å². The summed E-state index contributed by atoms with van der Waals surface area (Å²) in [6.07, 6.45) is 0. The summed E-state index contributed by atoms with van der Waals surface area (Å²) in [7, 11) is 0. The number of carbonyl (C=O) groups is 2. The fraction of sp³-hybridized carbons (Fsp3) is 0.238. The summed E-state index contributed by atoms with van der Waals surface area (Å²) in [5.41, 5.74) is 0.758. The Morgan fingerprint density at radius 2 is 1.79 bits per heavy atom. The number of morpholine rings is 1. The molecule has 0 unspecified atom stereocenters. The molecule has 4 rings (SSSR count). The second-order valence-corrected chi connectivity index (χ2v) is 6.47. The van der Waals surface area contributed by atoms with E-state index in [4.69, 9.17) is 13.9 Å². The fourth-order valence-electron chi connectivity index (χ4n) is 3.11. The van der Waals surface area contributed by atoms with Crippen LogP contribution >= 0.6 is 0 Å². The Morgan fingerprint density at radius 3 is 2.59 bits per heavy atom. The molecule has 1 N–H and O–H groups in total. The third-order valence-electron chi connectivity index (χ3n) is 4.55. The van der Waals surface area contributed by atoms with E-state index in [1.165, 1.54) is 18.2 Å². The minimum absolute atomic E-state index is 0.0238. The summed E-state index contributed by atoms with van der Waals surface area (Å²) in [5.74, 6) is -1.39. The molecule has 0 radical (unpaired) electrons. The van der Waals surface area contributed by atoms with Crippen LogP contribution in [0.4, 0.5) is 10.1 Å². The highest BCUT2D eigenvalue weighted by atomic mass is 19.1. The third kappa shape index (κ3) is 4.07. The maximum absolute atomic E-state index is 13.7. The van der Waals surface area contributed by atoms with Crippen LogP contribution < -0.4 is 10.1 Å². The third-order valence-corrected chi connectivity index (χ3v) is 4.55. The molecule has 0 saturated carbocycles. The molecular weight excluding hydrogens is 379 g/mol. The van der Waals surface area contributed by atoms with Gasteiger partial charge in [-0.3, -0.25) is 9.59 Å².